The summed E-state index contributed by atoms with van der Waals surface area (Å²) in [4.78, 5) is 0. The van der Waals surface area contributed by atoms with Gasteiger partial charge in [0.1, 0.15) is 0 Å². The van der Waals surface area contributed by atoms with Gasteiger partial charge in [0, 0.05) is 5.54 Å². The molecule has 0 saturated heterocycles. The van der Waals surface area contributed by atoms with E-state index in [1.54, 1.807) is 0 Å². The summed E-state index contributed by atoms with van der Waals surface area (Å²) in [6.45, 7) is 6.33. The largest absolute Gasteiger partial charge is 0.252 e. The average Bonchev–Trinajstić information content (AvgIpc) is 2.38. The first kappa shape index (κ1) is 20.0. The number of unbranched alkanes of at least 4 members (excludes halogenated alkanes) is 13. The summed E-state index contributed by atoms with van der Waals surface area (Å²) in [7, 11) is 0. The Balaban J connectivity index is 2.99. The molecule has 0 heterocycles. The number of rotatable bonds is 15. The summed E-state index contributed by atoms with van der Waals surface area (Å²) >= 11 is 0. The van der Waals surface area contributed by atoms with E-state index in [9.17, 15) is 0 Å². The van der Waals surface area contributed by atoms with Crippen molar-refractivity contribution in [2.75, 3.05) is 0 Å². The van der Waals surface area contributed by atoms with Crippen molar-refractivity contribution in [3.05, 3.63) is 0 Å². The van der Waals surface area contributed by atoms with E-state index >= 15 is 0 Å². The Labute approximate surface area is 129 Å². The lowest BCUT2D eigenvalue weighted by Gasteiger charge is -2.16. The van der Waals surface area contributed by atoms with Crippen LogP contribution in [0.25, 0.3) is 0 Å². The molecule has 1 nitrogen and oxygen atoms in total. The summed E-state index contributed by atoms with van der Waals surface area (Å²) < 4.78 is 0. The molecule has 1 radical (unpaired) electrons. The number of hydrogen-bond acceptors (Lipinski definition) is 0. The van der Waals surface area contributed by atoms with Crippen molar-refractivity contribution in [3.63, 3.8) is 0 Å². The maximum atomic E-state index is 7.80. The van der Waals surface area contributed by atoms with Gasteiger partial charge < -0.3 is 0 Å². The summed E-state index contributed by atoms with van der Waals surface area (Å²) in [5.74, 6) is 0. The van der Waals surface area contributed by atoms with Crippen LogP contribution in [0.15, 0.2) is 0 Å². The van der Waals surface area contributed by atoms with Crippen LogP contribution < -0.4 is 5.73 Å². The van der Waals surface area contributed by atoms with Crippen molar-refractivity contribution < 1.29 is 0 Å². The minimum absolute atomic E-state index is 0.211. The zero-order chi connectivity index (χ0) is 15.1. The van der Waals surface area contributed by atoms with Crippen LogP contribution >= 0.6 is 0 Å². The minimum atomic E-state index is -0.211. The third-order valence-corrected chi connectivity index (χ3v) is 4.16. The Morgan fingerprint density at radius 1 is 0.550 bits per heavy atom. The SMILES string of the molecule is CCCCCCCCCCCCCCCCC(C)(C)[NH]. The molecule has 0 spiro atoms. The molecule has 20 heavy (non-hydrogen) atoms. The Morgan fingerprint density at radius 3 is 1.15 bits per heavy atom. The predicted octanol–water partition coefficient (Wildman–Crippen LogP) is 6.92. The minimum Gasteiger partial charge on any atom is -0.252 e. The zero-order valence-electron chi connectivity index (χ0n) is 14.6. The monoisotopic (exact) mass is 282 g/mol. The molecule has 0 fully saturated rings. The fourth-order valence-corrected chi connectivity index (χ4v) is 2.76. The molecule has 0 aliphatic carbocycles. The van der Waals surface area contributed by atoms with Crippen molar-refractivity contribution in [2.45, 2.75) is 123 Å². The van der Waals surface area contributed by atoms with Gasteiger partial charge in [0.15, 0.2) is 0 Å². The lowest BCUT2D eigenvalue weighted by Crippen LogP contribution is -2.20. The highest BCUT2D eigenvalue weighted by molar-refractivity contribution is 4.69. The lowest BCUT2D eigenvalue weighted by molar-refractivity contribution is 0.427. The van der Waals surface area contributed by atoms with Gasteiger partial charge in [-0.05, 0) is 20.3 Å². The van der Waals surface area contributed by atoms with Crippen LogP contribution in [0.5, 0.6) is 0 Å². The molecular weight excluding hydrogens is 242 g/mol. The Morgan fingerprint density at radius 2 is 0.850 bits per heavy atom. The first-order valence-corrected chi connectivity index (χ1v) is 9.31. The quantitative estimate of drug-likeness (QED) is 0.291. The Hall–Kier alpha value is -0.0400. The molecule has 1 N–H and O–H groups in total. The average molecular weight is 283 g/mol. The van der Waals surface area contributed by atoms with Crippen molar-refractivity contribution in [1.82, 2.24) is 5.73 Å². The molecule has 0 unspecified atom stereocenters. The fourth-order valence-electron chi connectivity index (χ4n) is 2.76. The molecule has 0 aromatic carbocycles. The third-order valence-electron chi connectivity index (χ3n) is 4.16. The summed E-state index contributed by atoms with van der Waals surface area (Å²) in [6, 6.07) is 0. The van der Waals surface area contributed by atoms with Gasteiger partial charge in [0.2, 0.25) is 0 Å². The molecule has 0 amide bonds. The highest BCUT2D eigenvalue weighted by Crippen LogP contribution is 2.15. The molecule has 0 aliphatic rings. The maximum Gasteiger partial charge on any atom is 0.0267 e. The second-order valence-electron chi connectivity index (χ2n) is 7.23. The molecule has 0 saturated carbocycles. The third kappa shape index (κ3) is 18.0. The van der Waals surface area contributed by atoms with Gasteiger partial charge in [-0.1, -0.05) is 96.8 Å². The zero-order valence-corrected chi connectivity index (χ0v) is 14.6. The van der Waals surface area contributed by atoms with E-state index in [0.717, 1.165) is 6.42 Å². The first-order chi connectivity index (χ1) is 9.56. The van der Waals surface area contributed by atoms with Crippen molar-refractivity contribution in [3.8, 4) is 0 Å². The van der Waals surface area contributed by atoms with E-state index in [0.29, 0.717) is 0 Å². The number of nitrogens with one attached hydrogen (secondary N) is 1. The highest BCUT2D eigenvalue weighted by Gasteiger charge is 2.09. The van der Waals surface area contributed by atoms with Gasteiger partial charge >= 0.3 is 0 Å². The summed E-state index contributed by atoms with van der Waals surface area (Å²) in [5.41, 5.74) is 7.58. The molecule has 1 heteroatoms. The molecule has 0 aliphatic heterocycles. The van der Waals surface area contributed by atoms with Crippen molar-refractivity contribution in [1.29, 1.82) is 0 Å². The smallest absolute Gasteiger partial charge is 0.0267 e. The molecule has 0 bridgehead atoms. The van der Waals surface area contributed by atoms with Gasteiger partial charge in [-0.3, -0.25) is 5.73 Å². The van der Waals surface area contributed by atoms with Crippen LogP contribution in [0.2, 0.25) is 0 Å². The van der Waals surface area contributed by atoms with Crippen LogP contribution in [-0.4, -0.2) is 5.54 Å². The van der Waals surface area contributed by atoms with Gasteiger partial charge in [0.05, 0.1) is 0 Å². The predicted molar refractivity (Wildman–Crippen MR) is 92.1 cm³/mol. The highest BCUT2D eigenvalue weighted by atomic mass is 14.7. The van der Waals surface area contributed by atoms with Gasteiger partial charge in [0.25, 0.3) is 0 Å². The van der Waals surface area contributed by atoms with Crippen LogP contribution in [0.4, 0.5) is 0 Å². The van der Waals surface area contributed by atoms with Gasteiger partial charge in [-0.25, -0.2) is 0 Å². The van der Waals surface area contributed by atoms with E-state index < -0.39 is 0 Å². The molecule has 121 valence electrons. The van der Waals surface area contributed by atoms with Crippen molar-refractivity contribution >= 4 is 0 Å². The standard InChI is InChI=1S/C19H40N/c1-4-5-6-7-8-9-10-11-12-13-14-15-16-17-18-19(2,3)20/h20H,4-18H2,1-3H3. The topological polar surface area (TPSA) is 23.8 Å². The van der Waals surface area contributed by atoms with Crippen LogP contribution in [0.3, 0.4) is 0 Å². The second kappa shape index (κ2) is 13.9. The van der Waals surface area contributed by atoms with Gasteiger partial charge in [-0.2, -0.15) is 0 Å². The normalized spacial score (nSPS) is 12.0. The maximum absolute atomic E-state index is 7.80. The van der Waals surface area contributed by atoms with E-state index in [1.165, 1.54) is 89.9 Å². The summed E-state index contributed by atoms with van der Waals surface area (Å²) in [5, 5.41) is 0. The fraction of sp³-hybridized carbons (Fsp3) is 1.00. The molecule has 0 aromatic rings. The molecule has 0 atom stereocenters. The van der Waals surface area contributed by atoms with E-state index in [-0.39, 0.29) is 5.54 Å². The molecule has 0 aromatic heterocycles. The Kier molecular flexibility index (Phi) is 13.9. The van der Waals surface area contributed by atoms with Crippen LogP contribution in [0, 0.1) is 0 Å². The van der Waals surface area contributed by atoms with Crippen molar-refractivity contribution in [2.24, 2.45) is 0 Å². The summed E-state index contributed by atoms with van der Waals surface area (Å²) in [6.07, 6.45) is 20.8. The van der Waals surface area contributed by atoms with Gasteiger partial charge in [-0.15, -0.1) is 0 Å². The van der Waals surface area contributed by atoms with E-state index in [1.807, 2.05) is 13.8 Å². The molecular formula is C19H40N. The van der Waals surface area contributed by atoms with E-state index in [2.05, 4.69) is 6.92 Å². The van der Waals surface area contributed by atoms with E-state index in [4.69, 9.17) is 5.73 Å². The second-order valence-corrected chi connectivity index (χ2v) is 7.23. The lowest BCUT2D eigenvalue weighted by atomic mass is 9.97. The first-order valence-electron chi connectivity index (χ1n) is 9.31. The number of hydrogen-bond donors (Lipinski definition) is 0. The van der Waals surface area contributed by atoms with Crippen LogP contribution in [-0.2, 0) is 0 Å². The van der Waals surface area contributed by atoms with Crippen LogP contribution in [0.1, 0.15) is 117 Å². The molecule has 0 rings (SSSR count). The Bertz CT molecular complexity index is 181.